The van der Waals surface area contributed by atoms with E-state index in [2.05, 4.69) is 15.9 Å². The van der Waals surface area contributed by atoms with Gasteiger partial charge in [-0.15, -0.1) is 0 Å². The van der Waals surface area contributed by atoms with Crippen LogP contribution in [0.15, 0.2) is 28.7 Å². The first-order valence-corrected chi connectivity index (χ1v) is 5.37. The molecule has 15 heavy (non-hydrogen) atoms. The van der Waals surface area contributed by atoms with Gasteiger partial charge in [0, 0.05) is 10.4 Å². The van der Waals surface area contributed by atoms with E-state index in [-0.39, 0.29) is 0 Å². The van der Waals surface area contributed by atoms with Crippen LogP contribution in [0.1, 0.15) is 11.5 Å². The van der Waals surface area contributed by atoms with Crippen molar-refractivity contribution in [1.29, 1.82) is 5.26 Å². The van der Waals surface area contributed by atoms with E-state index in [0.29, 0.717) is 5.56 Å². The lowest BCUT2D eigenvalue weighted by molar-refractivity contribution is 0.00797. The minimum absolute atomic E-state index is 0.615. The predicted molar refractivity (Wildman–Crippen MR) is 55.8 cm³/mol. The average molecular weight is 272 g/mol. The highest BCUT2D eigenvalue weighted by atomic mass is 79.9. The maximum Gasteiger partial charge on any atom is 0.128 e. The van der Waals surface area contributed by atoms with Crippen molar-refractivity contribution in [2.45, 2.75) is 18.3 Å². The number of benzene rings is 1. The first-order chi connectivity index (χ1) is 7.15. The zero-order valence-corrected chi connectivity index (χ0v) is 9.29. The molecule has 2 unspecified atom stereocenters. The van der Waals surface area contributed by atoms with Crippen LogP contribution in [0.2, 0.25) is 0 Å². The van der Waals surface area contributed by atoms with E-state index in [4.69, 9.17) is 5.26 Å². The fourth-order valence-electron chi connectivity index (χ4n) is 1.85. The van der Waals surface area contributed by atoms with Gasteiger partial charge in [-0.05, 0) is 17.7 Å². The van der Waals surface area contributed by atoms with Crippen molar-refractivity contribution in [3.63, 3.8) is 0 Å². The zero-order valence-electron chi connectivity index (χ0n) is 7.70. The summed E-state index contributed by atoms with van der Waals surface area (Å²) in [7, 11) is 0. The molecular formula is C11H8BrF2N. The van der Waals surface area contributed by atoms with E-state index in [1.165, 1.54) is 0 Å². The minimum atomic E-state index is -1.38. The molecule has 0 aliphatic heterocycles. The van der Waals surface area contributed by atoms with E-state index in [0.717, 1.165) is 4.47 Å². The summed E-state index contributed by atoms with van der Waals surface area (Å²) in [5, 5.41) is 8.50. The molecule has 1 saturated carbocycles. The number of nitriles is 1. The molecule has 1 aliphatic carbocycles. The highest BCUT2D eigenvalue weighted by molar-refractivity contribution is 9.10. The van der Waals surface area contributed by atoms with Gasteiger partial charge in [-0.2, -0.15) is 5.26 Å². The Morgan fingerprint density at radius 2 is 1.67 bits per heavy atom. The van der Waals surface area contributed by atoms with Gasteiger partial charge in [0.1, 0.15) is 18.3 Å². The van der Waals surface area contributed by atoms with Gasteiger partial charge in [0.15, 0.2) is 0 Å². The van der Waals surface area contributed by atoms with Crippen LogP contribution in [0, 0.1) is 17.2 Å². The Bertz CT molecular complexity index is 388. The number of rotatable bonds is 1. The minimum Gasteiger partial charge on any atom is -0.245 e. The van der Waals surface area contributed by atoms with E-state index in [9.17, 15) is 8.78 Å². The van der Waals surface area contributed by atoms with Crippen LogP contribution in [0.5, 0.6) is 0 Å². The fraction of sp³-hybridized carbons (Fsp3) is 0.364. The van der Waals surface area contributed by atoms with Crippen molar-refractivity contribution >= 4 is 15.9 Å². The highest BCUT2D eigenvalue weighted by Crippen LogP contribution is 2.46. The number of halogens is 3. The molecule has 1 aromatic rings. The summed E-state index contributed by atoms with van der Waals surface area (Å²) < 4.78 is 27.7. The second-order valence-corrected chi connectivity index (χ2v) is 4.54. The molecule has 0 radical (unpaired) electrons. The Morgan fingerprint density at radius 1 is 1.13 bits per heavy atom. The van der Waals surface area contributed by atoms with Crippen LogP contribution in [-0.4, -0.2) is 12.3 Å². The standard InChI is InChI=1S/C11H8BrF2N/c12-7-3-1-6(2-4-7)9-10(13)8(5-15)11(9)14/h1-4,8-11H. The first kappa shape index (κ1) is 10.6. The van der Waals surface area contributed by atoms with Crippen LogP contribution in [-0.2, 0) is 0 Å². The zero-order chi connectivity index (χ0) is 11.0. The van der Waals surface area contributed by atoms with Gasteiger partial charge in [-0.1, -0.05) is 28.1 Å². The molecule has 2 rings (SSSR count). The fourth-order valence-corrected chi connectivity index (χ4v) is 2.11. The SMILES string of the molecule is N#CC1C(F)C(c2ccc(Br)cc2)C1F. The largest absolute Gasteiger partial charge is 0.245 e. The highest BCUT2D eigenvalue weighted by Gasteiger charge is 2.53. The molecule has 1 aromatic carbocycles. The van der Waals surface area contributed by atoms with Gasteiger partial charge in [0.05, 0.1) is 6.07 Å². The number of hydrogen-bond donors (Lipinski definition) is 0. The molecule has 0 N–H and O–H groups in total. The molecule has 0 amide bonds. The summed E-state index contributed by atoms with van der Waals surface area (Å²) in [6.45, 7) is 0. The smallest absolute Gasteiger partial charge is 0.128 e. The molecule has 4 heteroatoms. The summed E-state index contributed by atoms with van der Waals surface area (Å²) in [5.74, 6) is -1.87. The topological polar surface area (TPSA) is 23.8 Å². The number of alkyl halides is 2. The van der Waals surface area contributed by atoms with Gasteiger partial charge in [-0.3, -0.25) is 0 Å². The van der Waals surface area contributed by atoms with Gasteiger partial charge < -0.3 is 0 Å². The molecule has 0 bridgehead atoms. The Kier molecular flexibility index (Phi) is 2.74. The Balaban J connectivity index is 2.20. The third kappa shape index (κ3) is 1.65. The van der Waals surface area contributed by atoms with Crippen molar-refractivity contribution in [1.82, 2.24) is 0 Å². The molecule has 0 aromatic heterocycles. The maximum atomic E-state index is 13.4. The summed E-state index contributed by atoms with van der Waals surface area (Å²) in [6, 6.07) is 8.51. The van der Waals surface area contributed by atoms with Crippen LogP contribution >= 0.6 is 15.9 Å². The van der Waals surface area contributed by atoms with Crippen molar-refractivity contribution < 1.29 is 8.78 Å². The predicted octanol–water partition coefficient (Wildman–Crippen LogP) is 3.36. The average Bonchev–Trinajstić information content (AvgIpc) is 2.22. The van der Waals surface area contributed by atoms with E-state index >= 15 is 0 Å². The van der Waals surface area contributed by atoms with Crippen molar-refractivity contribution in [3.8, 4) is 6.07 Å². The van der Waals surface area contributed by atoms with Gasteiger partial charge >= 0.3 is 0 Å². The molecule has 2 atom stereocenters. The van der Waals surface area contributed by atoms with E-state index in [1.807, 2.05) is 0 Å². The lowest BCUT2D eigenvalue weighted by Crippen LogP contribution is -2.47. The molecule has 0 heterocycles. The molecular weight excluding hydrogens is 264 g/mol. The monoisotopic (exact) mass is 271 g/mol. The second kappa shape index (κ2) is 3.90. The van der Waals surface area contributed by atoms with Crippen LogP contribution in [0.3, 0.4) is 0 Å². The lowest BCUT2D eigenvalue weighted by Gasteiger charge is -2.39. The molecule has 0 spiro atoms. The Hall–Kier alpha value is -0.950. The van der Waals surface area contributed by atoms with Crippen molar-refractivity contribution in [2.75, 3.05) is 0 Å². The molecule has 78 valence electrons. The Labute approximate surface area is 94.8 Å². The number of nitrogens with zero attached hydrogens (tertiary/aromatic N) is 1. The third-order valence-corrected chi connectivity index (χ3v) is 3.30. The molecule has 1 aliphatic rings. The lowest BCUT2D eigenvalue weighted by atomic mass is 9.68. The van der Waals surface area contributed by atoms with Crippen LogP contribution in [0.25, 0.3) is 0 Å². The van der Waals surface area contributed by atoms with E-state index in [1.54, 1.807) is 30.3 Å². The summed E-state index contributed by atoms with van der Waals surface area (Å²) >= 11 is 3.25. The normalized spacial score (nSPS) is 34.3. The van der Waals surface area contributed by atoms with Gasteiger partial charge in [-0.25, -0.2) is 8.78 Å². The molecule has 1 fully saturated rings. The van der Waals surface area contributed by atoms with Gasteiger partial charge in [0.25, 0.3) is 0 Å². The van der Waals surface area contributed by atoms with Gasteiger partial charge in [0.2, 0.25) is 0 Å². The maximum absolute atomic E-state index is 13.4. The summed E-state index contributed by atoms with van der Waals surface area (Å²) in [5.41, 5.74) is 0.615. The first-order valence-electron chi connectivity index (χ1n) is 4.58. The molecule has 0 saturated heterocycles. The summed E-state index contributed by atoms with van der Waals surface area (Å²) in [4.78, 5) is 0. The number of hydrogen-bond acceptors (Lipinski definition) is 1. The van der Waals surface area contributed by atoms with Crippen LogP contribution in [0.4, 0.5) is 8.78 Å². The van der Waals surface area contributed by atoms with Crippen LogP contribution < -0.4 is 0 Å². The molecule has 1 nitrogen and oxygen atoms in total. The Morgan fingerprint density at radius 3 is 2.13 bits per heavy atom. The summed E-state index contributed by atoms with van der Waals surface area (Å²) in [6.07, 6.45) is -2.77. The third-order valence-electron chi connectivity index (χ3n) is 2.78. The van der Waals surface area contributed by atoms with Crippen molar-refractivity contribution in [2.24, 2.45) is 5.92 Å². The quantitative estimate of drug-likeness (QED) is 0.769. The van der Waals surface area contributed by atoms with E-state index < -0.39 is 24.2 Å². The van der Waals surface area contributed by atoms with Crippen molar-refractivity contribution in [3.05, 3.63) is 34.3 Å². The second-order valence-electron chi connectivity index (χ2n) is 3.62.